The molecule has 3 heteroatoms. The lowest BCUT2D eigenvalue weighted by molar-refractivity contribution is -0.0318. The van der Waals surface area contributed by atoms with E-state index in [2.05, 4.69) is 18.9 Å². The third-order valence-electron chi connectivity index (χ3n) is 2.18. The SMILES string of the molecule is CCCOCC1COCCN1C. The molecule has 12 heavy (non-hydrogen) atoms. The van der Waals surface area contributed by atoms with Crippen LogP contribution in [0.5, 0.6) is 0 Å². The zero-order valence-electron chi connectivity index (χ0n) is 8.08. The van der Waals surface area contributed by atoms with E-state index in [9.17, 15) is 0 Å². The molecule has 1 fully saturated rings. The lowest BCUT2D eigenvalue weighted by Gasteiger charge is -2.31. The van der Waals surface area contributed by atoms with Gasteiger partial charge in [0.1, 0.15) is 0 Å². The quantitative estimate of drug-likeness (QED) is 0.585. The maximum absolute atomic E-state index is 5.47. The van der Waals surface area contributed by atoms with Crippen molar-refractivity contribution in [3.8, 4) is 0 Å². The fourth-order valence-electron chi connectivity index (χ4n) is 1.28. The first-order valence-electron chi connectivity index (χ1n) is 4.70. The lowest BCUT2D eigenvalue weighted by Crippen LogP contribution is -2.45. The zero-order chi connectivity index (χ0) is 8.81. The first-order chi connectivity index (χ1) is 5.84. The van der Waals surface area contributed by atoms with Crippen LogP contribution in [0.3, 0.4) is 0 Å². The topological polar surface area (TPSA) is 21.7 Å². The Morgan fingerprint density at radius 2 is 2.42 bits per heavy atom. The molecule has 0 aliphatic carbocycles. The molecule has 1 unspecified atom stereocenters. The van der Waals surface area contributed by atoms with Gasteiger partial charge in [0.2, 0.25) is 0 Å². The third kappa shape index (κ3) is 3.09. The second-order valence-electron chi connectivity index (χ2n) is 3.28. The summed E-state index contributed by atoms with van der Waals surface area (Å²) in [5.74, 6) is 0. The molecule has 0 bridgehead atoms. The van der Waals surface area contributed by atoms with Crippen LogP contribution in [0, 0.1) is 0 Å². The number of hydrogen-bond acceptors (Lipinski definition) is 3. The molecule has 0 amide bonds. The molecule has 0 aromatic carbocycles. The fraction of sp³-hybridized carbons (Fsp3) is 1.00. The number of hydrogen-bond donors (Lipinski definition) is 0. The molecule has 72 valence electrons. The zero-order valence-corrected chi connectivity index (χ0v) is 8.08. The first kappa shape index (κ1) is 9.96. The molecule has 1 saturated heterocycles. The Morgan fingerprint density at radius 3 is 3.08 bits per heavy atom. The van der Waals surface area contributed by atoms with Gasteiger partial charge in [-0.2, -0.15) is 0 Å². The molecule has 0 radical (unpaired) electrons. The van der Waals surface area contributed by atoms with Crippen LogP contribution in [0.25, 0.3) is 0 Å². The van der Waals surface area contributed by atoms with Crippen molar-refractivity contribution >= 4 is 0 Å². The highest BCUT2D eigenvalue weighted by atomic mass is 16.5. The van der Waals surface area contributed by atoms with Gasteiger partial charge in [0, 0.05) is 13.2 Å². The van der Waals surface area contributed by atoms with Crippen LogP contribution >= 0.6 is 0 Å². The van der Waals surface area contributed by atoms with E-state index in [0.717, 1.165) is 39.4 Å². The Kier molecular flexibility index (Phi) is 4.58. The predicted molar refractivity (Wildman–Crippen MR) is 48.3 cm³/mol. The maximum Gasteiger partial charge on any atom is 0.0644 e. The van der Waals surface area contributed by atoms with Crippen LogP contribution in [0.2, 0.25) is 0 Å². The Hall–Kier alpha value is -0.120. The molecule has 1 atom stereocenters. The maximum atomic E-state index is 5.47. The Bertz CT molecular complexity index is 119. The van der Waals surface area contributed by atoms with Crippen molar-refractivity contribution in [3.05, 3.63) is 0 Å². The third-order valence-corrected chi connectivity index (χ3v) is 2.18. The Labute approximate surface area is 74.6 Å². The molecule has 1 rings (SSSR count). The number of ether oxygens (including phenoxy) is 2. The van der Waals surface area contributed by atoms with Gasteiger partial charge in [-0.1, -0.05) is 6.92 Å². The average Bonchev–Trinajstić information content (AvgIpc) is 2.09. The van der Waals surface area contributed by atoms with E-state index in [0.29, 0.717) is 6.04 Å². The summed E-state index contributed by atoms with van der Waals surface area (Å²) in [6.45, 7) is 6.51. The number of morpholine rings is 1. The minimum Gasteiger partial charge on any atom is -0.380 e. The first-order valence-corrected chi connectivity index (χ1v) is 4.70. The van der Waals surface area contributed by atoms with Crippen molar-refractivity contribution in [2.75, 3.05) is 40.0 Å². The predicted octanol–water partition coefficient (Wildman–Crippen LogP) is 0.744. The van der Waals surface area contributed by atoms with Gasteiger partial charge in [0.25, 0.3) is 0 Å². The number of nitrogens with zero attached hydrogens (tertiary/aromatic N) is 1. The standard InChI is InChI=1S/C9H19NO2/c1-3-5-11-7-9-8-12-6-4-10(9)2/h9H,3-8H2,1-2H3. The van der Waals surface area contributed by atoms with Crippen LogP contribution in [-0.2, 0) is 9.47 Å². The van der Waals surface area contributed by atoms with Crippen LogP contribution in [0.4, 0.5) is 0 Å². The van der Waals surface area contributed by atoms with Crippen molar-refractivity contribution < 1.29 is 9.47 Å². The molecular formula is C9H19NO2. The van der Waals surface area contributed by atoms with Gasteiger partial charge >= 0.3 is 0 Å². The largest absolute Gasteiger partial charge is 0.380 e. The van der Waals surface area contributed by atoms with E-state index in [4.69, 9.17) is 9.47 Å². The molecule has 3 nitrogen and oxygen atoms in total. The minimum atomic E-state index is 0.463. The number of likely N-dealkylation sites (N-methyl/N-ethyl adjacent to an activating group) is 1. The highest BCUT2D eigenvalue weighted by Gasteiger charge is 2.18. The van der Waals surface area contributed by atoms with E-state index < -0.39 is 0 Å². The molecular weight excluding hydrogens is 154 g/mol. The summed E-state index contributed by atoms with van der Waals surface area (Å²) in [6, 6.07) is 0.463. The molecule has 0 spiro atoms. The minimum absolute atomic E-state index is 0.463. The summed E-state index contributed by atoms with van der Waals surface area (Å²) >= 11 is 0. The van der Waals surface area contributed by atoms with Gasteiger partial charge in [-0.15, -0.1) is 0 Å². The van der Waals surface area contributed by atoms with E-state index in [1.54, 1.807) is 0 Å². The van der Waals surface area contributed by atoms with Crippen molar-refractivity contribution in [3.63, 3.8) is 0 Å². The summed E-state index contributed by atoms with van der Waals surface area (Å²) in [4.78, 5) is 2.30. The normalized spacial score (nSPS) is 26.0. The average molecular weight is 173 g/mol. The fourth-order valence-corrected chi connectivity index (χ4v) is 1.28. The van der Waals surface area contributed by atoms with Gasteiger partial charge in [0.05, 0.1) is 25.9 Å². The van der Waals surface area contributed by atoms with Gasteiger partial charge in [-0.05, 0) is 13.5 Å². The lowest BCUT2D eigenvalue weighted by atomic mass is 10.2. The summed E-state index contributed by atoms with van der Waals surface area (Å²) in [5.41, 5.74) is 0. The van der Waals surface area contributed by atoms with E-state index in [1.165, 1.54) is 0 Å². The molecule has 0 aromatic heterocycles. The molecule has 0 saturated carbocycles. The highest BCUT2D eigenvalue weighted by molar-refractivity contribution is 4.71. The van der Waals surface area contributed by atoms with E-state index in [1.807, 2.05) is 0 Å². The molecule has 0 aromatic rings. The summed E-state index contributed by atoms with van der Waals surface area (Å²) in [6.07, 6.45) is 1.09. The van der Waals surface area contributed by atoms with Crippen LogP contribution < -0.4 is 0 Å². The summed E-state index contributed by atoms with van der Waals surface area (Å²) in [7, 11) is 2.13. The summed E-state index contributed by atoms with van der Waals surface area (Å²) < 4.78 is 10.8. The Morgan fingerprint density at radius 1 is 1.58 bits per heavy atom. The number of rotatable bonds is 4. The van der Waals surface area contributed by atoms with Gasteiger partial charge < -0.3 is 9.47 Å². The van der Waals surface area contributed by atoms with E-state index in [-0.39, 0.29) is 0 Å². The van der Waals surface area contributed by atoms with Gasteiger partial charge in [-0.25, -0.2) is 0 Å². The molecule has 1 heterocycles. The van der Waals surface area contributed by atoms with E-state index >= 15 is 0 Å². The van der Waals surface area contributed by atoms with Crippen molar-refractivity contribution in [2.24, 2.45) is 0 Å². The van der Waals surface area contributed by atoms with Crippen molar-refractivity contribution in [1.82, 2.24) is 4.90 Å². The highest BCUT2D eigenvalue weighted by Crippen LogP contribution is 2.04. The molecule has 0 N–H and O–H groups in total. The van der Waals surface area contributed by atoms with Gasteiger partial charge in [0.15, 0.2) is 0 Å². The molecule has 1 aliphatic heterocycles. The van der Waals surface area contributed by atoms with Crippen molar-refractivity contribution in [2.45, 2.75) is 19.4 Å². The monoisotopic (exact) mass is 173 g/mol. The summed E-state index contributed by atoms with van der Waals surface area (Å²) in [5, 5.41) is 0. The van der Waals surface area contributed by atoms with Crippen LogP contribution in [0.15, 0.2) is 0 Å². The van der Waals surface area contributed by atoms with Crippen LogP contribution in [0.1, 0.15) is 13.3 Å². The molecule has 1 aliphatic rings. The second kappa shape index (κ2) is 5.51. The Balaban J connectivity index is 2.11. The smallest absolute Gasteiger partial charge is 0.0644 e. The van der Waals surface area contributed by atoms with Crippen molar-refractivity contribution in [1.29, 1.82) is 0 Å². The van der Waals surface area contributed by atoms with Crippen LogP contribution in [-0.4, -0.2) is 51.0 Å². The van der Waals surface area contributed by atoms with Gasteiger partial charge in [-0.3, -0.25) is 4.90 Å². The second-order valence-corrected chi connectivity index (χ2v) is 3.28.